The number of anilines is 1. The minimum atomic E-state index is 0.192. The van der Waals surface area contributed by atoms with Crippen LogP contribution in [0.15, 0.2) is 24.3 Å². The van der Waals surface area contributed by atoms with Crippen molar-refractivity contribution in [1.29, 1.82) is 0 Å². The van der Waals surface area contributed by atoms with Crippen molar-refractivity contribution < 1.29 is 9.53 Å². The van der Waals surface area contributed by atoms with Gasteiger partial charge in [0.25, 0.3) is 0 Å². The van der Waals surface area contributed by atoms with E-state index < -0.39 is 0 Å². The molecule has 4 heteroatoms. The molecule has 0 spiro atoms. The molecule has 0 bridgehead atoms. The zero-order valence-corrected chi connectivity index (χ0v) is 15.1. The largest absolute Gasteiger partial charge is 0.494 e. The van der Waals surface area contributed by atoms with E-state index in [9.17, 15) is 4.79 Å². The molecule has 4 nitrogen and oxygen atoms in total. The lowest BCUT2D eigenvalue weighted by atomic mass is 10.1. The van der Waals surface area contributed by atoms with E-state index in [0.29, 0.717) is 6.54 Å². The third kappa shape index (κ3) is 6.81. The van der Waals surface area contributed by atoms with E-state index in [1.165, 1.54) is 32.1 Å². The zero-order chi connectivity index (χ0) is 17.0. The number of ether oxygens (including phenoxy) is 1. The van der Waals surface area contributed by atoms with E-state index in [2.05, 4.69) is 12.2 Å². The van der Waals surface area contributed by atoms with Gasteiger partial charge in [0.05, 0.1) is 13.2 Å². The summed E-state index contributed by atoms with van der Waals surface area (Å²) in [5, 5.41) is 3.23. The highest BCUT2D eigenvalue weighted by Gasteiger charge is 2.15. The molecule has 2 rings (SSSR count). The maximum atomic E-state index is 12.2. The number of piperidine rings is 1. The Bertz CT molecular complexity index is 484. The van der Waals surface area contributed by atoms with E-state index in [4.69, 9.17) is 4.74 Å². The molecule has 1 N–H and O–H groups in total. The normalized spacial score (nSPS) is 14.5. The average Bonchev–Trinajstić information content (AvgIpc) is 2.64. The number of unbranched alkanes of at least 4 members (excludes halogenated alkanes) is 4. The maximum absolute atomic E-state index is 12.2. The molecule has 1 aliphatic rings. The highest BCUT2D eigenvalue weighted by atomic mass is 16.5. The molecule has 1 aliphatic heterocycles. The van der Waals surface area contributed by atoms with Gasteiger partial charge in [-0.1, -0.05) is 38.7 Å². The van der Waals surface area contributed by atoms with Crippen molar-refractivity contribution >= 4 is 11.6 Å². The van der Waals surface area contributed by atoms with Crippen LogP contribution in [0.1, 0.15) is 58.3 Å². The number of rotatable bonds is 10. The molecule has 1 heterocycles. The molecular weight excluding hydrogens is 300 g/mol. The summed E-state index contributed by atoms with van der Waals surface area (Å²) < 4.78 is 5.81. The molecule has 1 amide bonds. The zero-order valence-electron chi connectivity index (χ0n) is 15.1. The Hall–Kier alpha value is -1.71. The SMILES string of the molecule is CCCCCCCOc1cccc(NCC(=O)N2CCCCC2)c1. The fourth-order valence-electron chi connectivity index (χ4n) is 3.02. The predicted octanol–water partition coefficient (Wildman–Crippen LogP) is 4.46. The predicted molar refractivity (Wildman–Crippen MR) is 99.6 cm³/mol. The Kier molecular flexibility index (Phi) is 8.50. The number of benzene rings is 1. The second-order valence-corrected chi connectivity index (χ2v) is 6.59. The number of hydrogen-bond acceptors (Lipinski definition) is 3. The second-order valence-electron chi connectivity index (χ2n) is 6.59. The monoisotopic (exact) mass is 332 g/mol. The molecular formula is C20H32N2O2. The van der Waals surface area contributed by atoms with Crippen LogP contribution in [0.2, 0.25) is 0 Å². The van der Waals surface area contributed by atoms with E-state index in [0.717, 1.165) is 50.4 Å². The van der Waals surface area contributed by atoms with Crippen molar-refractivity contribution in [1.82, 2.24) is 4.90 Å². The van der Waals surface area contributed by atoms with Crippen molar-refractivity contribution in [2.24, 2.45) is 0 Å². The molecule has 0 radical (unpaired) electrons. The number of carbonyl (C=O) groups excluding carboxylic acids is 1. The van der Waals surface area contributed by atoms with Crippen LogP contribution in [0.5, 0.6) is 5.75 Å². The smallest absolute Gasteiger partial charge is 0.241 e. The van der Waals surface area contributed by atoms with Crippen molar-refractivity contribution in [2.75, 3.05) is 31.6 Å². The molecule has 1 saturated heterocycles. The van der Waals surface area contributed by atoms with Gasteiger partial charge in [-0.05, 0) is 37.8 Å². The molecule has 134 valence electrons. The van der Waals surface area contributed by atoms with Gasteiger partial charge in [0.1, 0.15) is 5.75 Å². The standard InChI is InChI=1S/C20H32N2O2/c1-2-3-4-5-9-15-24-19-12-10-11-18(16-19)21-17-20(23)22-13-7-6-8-14-22/h10-12,16,21H,2-9,13-15,17H2,1H3. The number of carbonyl (C=O) groups is 1. The fourth-order valence-corrected chi connectivity index (χ4v) is 3.02. The van der Waals surface area contributed by atoms with E-state index in [-0.39, 0.29) is 5.91 Å². The summed E-state index contributed by atoms with van der Waals surface area (Å²) in [7, 11) is 0. The first-order valence-corrected chi connectivity index (χ1v) is 9.54. The number of amides is 1. The minimum absolute atomic E-state index is 0.192. The number of nitrogens with zero attached hydrogens (tertiary/aromatic N) is 1. The minimum Gasteiger partial charge on any atom is -0.494 e. The van der Waals surface area contributed by atoms with Crippen LogP contribution in [-0.2, 0) is 4.79 Å². The van der Waals surface area contributed by atoms with Gasteiger partial charge in [-0.2, -0.15) is 0 Å². The van der Waals surface area contributed by atoms with Crippen molar-refractivity contribution in [2.45, 2.75) is 58.3 Å². The van der Waals surface area contributed by atoms with E-state index >= 15 is 0 Å². The Morgan fingerprint density at radius 1 is 1.12 bits per heavy atom. The second kappa shape index (κ2) is 11.0. The van der Waals surface area contributed by atoms with Crippen molar-refractivity contribution in [3.8, 4) is 5.75 Å². The Morgan fingerprint density at radius 3 is 2.71 bits per heavy atom. The van der Waals surface area contributed by atoms with Crippen LogP contribution in [0.4, 0.5) is 5.69 Å². The van der Waals surface area contributed by atoms with Crippen LogP contribution >= 0.6 is 0 Å². The molecule has 1 aromatic rings. The molecule has 0 aliphatic carbocycles. The summed E-state index contributed by atoms with van der Waals surface area (Å²) in [4.78, 5) is 14.2. The lowest BCUT2D eigenvalue weighted by Gasteiger charge is -2.26. The van der Waals surface area contributed by atoms with Crippen LogP contribution in [-0.4, -0.2) is 37.0 Å². The quantitative estimate of drug-likeness (QED) is 0.643. The summed E-state index contributed by atoms with van der Waals surface area (Å²) in [6.45, 7) is 5.16. The lowest BCUT2D eigenvalue weighted by molar-refractivity contribution is -0.130. The number of hydrogen-bond donors (Lipinski definition) is 1. The van der Waals surface area contributed by atoms with Gasteiger partial charge >= 0.3 is 0 Å². The van der Waals surface area contributed by atoms with Crippen LogP contribution in [0.25, 0.3) is 0 Å². The number of likely N-dealkylation sites (tertiary alicyclic amines) is 1. The summed E-state index contributed by atoms with van der Waals surface area (Å²) >= 11 is 0. The van der Waals surface area contributed by atoms with Crippen molar-refractivity contribution in [3.63, 3.8) is 0 Å². The third-order valence-electron chi connectivity index (χ3n) is 4.50. The van der Waals surface area contributed by atoms with Crippen molar-refractivity contribution in [3.05, 3.63) is 24.3 Å². The molecule has 1 aromatic carbocycles. The Labute approximate surface area is 146 Å². The third-order valence-corrected chi connectivity index (χ3v) is 4.50. The van der Waals surface area contributed by atoms with Crippen LogP contribution in [0.3, 0.4) is 0 Å². The Morgan fingerprint density at radius 2 is 1.92 bits per heavy atom. The molecule has 0 aromatic heterocycles. The lowest BCUT2D eigenvalue weighted by Crippen LogP contribution is -2.39. The summed E-state index contributed by atoms with van der Waals surface area (Å²) in [5.74, 6) is 1.07. The molecule has 24 heavy (non-hydrogen) atoms. The average molecular weight is 332 g/mol. The fraction of sp³-hybridized carbons (Fsp3) is 0.650. The van der Waals surface area contributed by atoms with Gasteiger partial charge < -0.3 is 15.0 Å². The summed E-state index contributed by atoms with van der Waals surface area (Å²) in [5.41, 5.74) is 0.948. The van der Waals surface area contributed by atoms with Crippen LogP contribution < -0.4 is 10.1 Å². The molecule has 0 atom stereocenters. The first-order valence-electron chi connectivity index (χ1n) is 9.54. The highest BCUT2D eigenvalue weighted by Crippen LogP contribution is 2.18. The number of nitrogens with one attached hydrogen (secondary N) is 1. The maximum Gasteiger partial charge on any atom is 0.241 e. The van der Waals surface area contributed by atoms with E-state index in [1.54, 1.807) is 0 Å². The first kappa shape index (κ1) is 18.6. The van der Waals surface area contributed by atoms with Gasteiger partial charge in [-0.15, -0.1) is 0 Å². The first-order chi connectivity index (χ1) is 11.8. The topological polar surface area (TPSA) is 41.6 Å². The molecule has 1 fully saturated rings. The van der Waals surface area contributed by atoms with E-state index in [1.807, 2.05) is 29.2 Å². The Balaban J connectivity index is 1.68. The summed E-state index contributed by atoms with van der Waals surface area (Å²) in [6, 6.07) is 7.91. The highest BCUT2D eigenvalue weighted by molar-refractivity contribution is 5.81. The molecule has 0 unspecified atom stereocenters. The summed E-state index contributed by atoms with van der Waals surface area (Å²) in [6.07, 6.45) is 9.71. The van der Waals surface area contributed by atoms with Gasteiger partial charge in [0.15, 0.2) is 0 Å². The van der Waals surface area contributed by atoms with Gasteiger partial charge in [-0.25, -0.2) is 0 Å². The molecule has 0 saturated carbocycles. The van der Waals surface area contributed by atoms with Gasteiger partial charge in [-0.3, -0.25) is 4.79 Å². The van der Waals surface area contributed by atoms with Gasteiger partial charge in [0.2, 0.25) is 5.91 Å². The van der Waals surface area contributed by atoms with Crippen LogP contribution in [0, 0.1) is 0 Å². The van der Waals surface area contributed by atoms with Gasteiger partial charge in [0, 0.05) is 24.8 Å².